The fraction of sp³-hybridized carbons (Fsp3) is 0.500. The summed E-state index contributed by atoms with van der Waals surface area (Å²) in [6.07, 6.45) is 18.4. The van der Waals surface area contributed by atoms with Gasteiger partial charge in [-0.05, 0) is 44.7 Å². The molecule has 3 atom stereocenters. The van der Waals surface area contributed by atoms with Crippen molar-refractivity contribution in [2.45, 2.75) is 91.4 Å². The molecule has 2 heterocycles. The van der Waals surface area contributed by atoms with Gasteiger partial charge in [-0.15, -0.1) is 4.99 Å². The molecule has 9 nitrogen and oxygen atoms in total. The molecule has 0 radical (unpaired) electrons. The summed E-state index contributed by atoms with van der Waals surface area (Å²) in [4.78, 5) is 35.8. The van der Waals surface area contributed by atoms with E-state index in [2.05, 4.69) is 18.8 Å². The number of hydrogen-bond donors (Lipinski definition) is 3. The standard InChI is InChI=1S/C13H21N3O2.C9H10O.C5H10O.C4H6O.CH4O/c1-3-4-5-10-6-7-12(18-10)16(2)9-8-11(14)15-13(16)17;1-8(10)7-9-5-3-2-4-6-9;1-2-3-4-5-6;1-2-3-4-5;1-2/h8-10,12H,3-7H2,1-2H3,(H-,14,15,17);2-6H,7H2,1H3;4-6H,2-3H2,1H3;2-4H,1H3;2H,1H3/p+1/b;;5-4-;3-2-;. The first kappa shape index (κ1) is 39.7. The molecule has 1 aromatic carbocycles. The van der Waals surface area contributed by atoms with Crippen LogP contribution in [0.1, 0.15) is 78.2 Å². The van der Waals surface area contributed by atoms with Gasteiger partial charge in [-0.25, -0.2) is 4.79 Å². The fourth-order valence-corrected chi connectivity index (χ4v) is 3.70. The molecule has 9 heteroatoms. The largest absolute Gasteiger partial charge is 0.516 e. The summed E-state index contributed by atoms with van der Waals surface area (Å²) in [5.74, 6) is 0.488. The normalized spacial score (nSPS) is 20.8. The van der Waals surface area contributed by atoms with E-state index in [4.69, 9.17) is 20.7 Å². The van der Waals surface area contributed by atoms with Gasteiger partial charge in [-0.2, -0.15) is 4.48 Å². The van der Waals surface area contributed by atoms with Crippen LogP contribution in [0.3, 0.4) is 0 Å². The van der Waals surface area contributed by atoms with Gasteiger partial charge in [0.1, 0.15) is 24.1 Å². The number of aldehydes is 1. The Bertz CT molecular complexity index is 959. The van der Waals surface area contributed by atoms with Crippen LogP contribution in [-0.2, 0) is 20.7 Å². The number of ether oxygens (including phenoxy) is 1. The van der Waals surface area contributed by atoms with E-state index in [1.807, 2.05) is 37.4 Å². The second-order valence-electron chi connectivity index (χ2n) is 9.41. The van der Waals surface area contributed by atoms with E-state index in [-0.39, 0.29) is 34.5 Å². The monoisotopic (exact) mass is 574 g/mol. The number of nitrogens with two attached hydrogens (primary N) is 1. The van der Waals surface area contributed by atoms with Crippen LogP contribution in [0.4, 0.5) is 4.79 Å². The van der Waals surface area contributed by atoms with Gasteiger partial charge >= 0.3 is 6.03 Å². The first-order valence-electron chi connectivity index (χ1n) is 14.1. The SMILES string of the molecule is C/C=C\C=O.CC(=O)Cc1ccccc1.CCC/C=C\O.CCCCC1CCC([N+]2(C)C=CC(N)=NC2=O)O1.CO. The number of ketones is 1. The van der Waals surface area contributed by atoms with Crippen LogP contribution in [0.5, 0.6) is 0 Å². The maximum Gasteiger partial charge on any atom is 0.451 e. The van der Waals surface area contributed by atoms with Crippen molar-refractivity contribution in [3.8, 4) is 0 Å². The predicted octanol–water partition coefficient (Wildman–Crippen LogP) is 6.18. The van der Waals surface area contributed by atoms with E-state index < -0.39 is 0 Å². The zero-order valence-corrected chi connectivity index (χ0v) is 25.7. The zero-order valence-electron chi connectivity index (χ0n) is 25.7. The van der Waals surface area contributed by atoms with Gasteiger partial charge in [0, 0.05) is 26.0 Å². The molecule has 230 valence electrons. The predicted molar refractivity (Wildman–Crippen MR) is 166 cm³/mol. The Morgan fingerprint density at radius 2 is 1.83 bits per heavy atom. The van der Waals surface area contributed by atoms with Crippen LogP contribution in [0.15, 0.2) is 72.1 Å². The minimum absolute atomic E-state index is 0.0866. The highest BCUT2D eigenvalue weighted by Gasteiger charge is 2.45. The summed E-state index contributed by atoms with van der Waals surface area (Å²) < 4.78 is 6.09. The number of amidine groups is 1. The Kier molecular flexibility index (Phi) is 24.8. The van der Waals surface area contributed by atoms with Crippen LogP contribution in [0, 0.1) is 0 Å². The average Bonchev–Trinajstić information content (AvgIpc) is 3.46. The van der Waals surface area contributed by atoms with Crippen LogP contribution < -0.4 is 5.73 Å². The topological polar surface area (TPSA) is 139 Å². The van der Waals surface area contributed by atoms with Crippen molar-refractivity contribution < 1.29 is 33.8 Å². The molecule has 1 aromatic rings. The van der Waals surface area contributed by atoms with Crippen LogP contribution in [0.2, 0.25) is 0 Å². The van der Waals surface area contributed by atoms with Crippen molar-refractivity contribution in [3.63, 3.8) is 0 Å². The number of allylic oxidation sites excluding steroid dienone is 3. The number of benzene rings is 1. The number of aliphatic imine (C=N–C) groups is 1. The summed E-state index contributed by atoms with van der Waals surface area (Å²) in [7, 11) is 2.83. The number of nitrogens with zero attached hydrogens (tertiary/aromatic N) is 2. The quantitative estimate of drug-likeness (QED) is 0.138. The number of hydrogen-bond acceptors (Lipinski definition) is 7. The highest BCUT2D eigenvalue weighted by molar-refractivity contribution is 5.99. The first-order chi connectivity index (χ1) is 19.7. The molecular formula is C32H52N3O6+. The zero-order chi connectivity index (χ0) is 31.5. The smallest absolute Gasteiger partial charge is 0.451 e. The van der Waals surface area contributed by atoms with Gasteiger partial charge in [-0.1, -0.05) is 75.6 Å². The number of amides is 2. The van der Waals surface area contributed by atoms with Gasteiger partial charge in [0.2, 0.25) is 6.23 Å². The van der Waals surface area contributed by atoms with Gasteiger partial charge in [0.25, 0.3) is 0 Å². The van der Waals surface area contributed by atoms with Crippen molar-refractivity contribution >= 4 is 23.9 Å². The van der Waals surface area contributed by atoms with Crippen molar-refractivity contribution in [1.29, 1.82) is 0 Å². The van der Waals surface area contributed by atoms with Gasteiger partial charge in [-0.3, -0.25) is 9.59 Å². The molecule has 0 saturated carbocycles. The van der Waals surface area contributed by atoms with Gasteiger partial charge in [0.15, 0.2) is 0 Å². The fourth-order valence-electron chi connectivity index (χ4n) is 3.70. The summed E-state index contributed by atoms with van der Waals surface area (Å²) >= 11 is 0. The van der Waals surface area contributed by atoms with E-state index in [0.29, 0.717) is 6.42 Å². The second kappa shape index (κ2) is 25.6. The lowest BCUT2D eigenvalue weighted by molar-refractivity contribution is -0.830. The van der Waals surface area contributed by atoms with E-state index in [9.17, 15) is 14.4 Å². The molecule has 3 unspecified atom stereocenters. The number of aliphatic hydroxyl groups excluding tert-OH is 2. The first-order valence-corrected chi connectivity index (χ1v) is 14.1. The van der Waals surface area contributed by atoms with Gasteiger partial charge < -0.3 is 20.7 Å². The number of urea groups is 1. The average molecular weight is 575 g/mol. The molecule has 2 amide bonds. The third kappa shape index (κ3) is 18.6. The lowest BCUT2D eigenvalue weighted by Crippen LogP contribution is -2.53. The molecule has 1 fully saturated rings. The van der Waals surface area contributed by atoms with Crippen molar-refractivity contribution in [2.24, 2.45) is 10.7 Å². The van der Waals surface area contributed by atoms with Crippen molar-refractivity contribution in [1.82, 2.24) is 0 Å². The molecule has 2 aliphatic heterocycles. The lowest BCUT2D eigenvalue weighted by atomic mass is 10.1. The maximum absolute atomic E-state index is 12.0. The number of carbonyl (C=O) groups excluding carboxylic acids is 3. The minimum Gasteiger partial charge on any atom is -0.516 e. The van der Waals surface area contributed by atoms with Crippen LogP contribution in [-0.4, -0.2) is 65.1 Å². The molecule has 4 N–H and O–H groups in total. The number of Topliss-reactive ketones (excluding diaryl/α,β-unsaturated/α-hetero) is 1. The lowest BCUT2D eigenvalue weighted by Gasteiger charge is -2.32. The van der Waals surface area contributed by atoms with E-state index in [1.165, 1.54) is 18.9 Å². The second-order valence-corrected chi connectivity index (χ2v) is 9.41. The summed E-state index contributed by atoms with van der Waals surface area (Å²) in [5, 5.41) is 15.0. The number of carbonyl (C=O) groups is 3. The Morgan fingerprint density at radius 1 is 1.17 bits per heavy atom. The van der Waals surface area contributed by atoms with E-state index in [0.717, 1.165) is 57.3 Å². The van der Waals surface area contributed by atoms with Crippen molar-refractivity contribution in [3.05, 3.63) is 72.7 Å². The Hall–Kier alpha value is -3.40. The number of aliphatic hydroxyl groups is 2. The maximum atomic E-state index is 12.0. The minimum atomic E-state index is -0.240. The molecule has 0 aromatic heterocycles. The third-order valence-corrected chi connectivity index (χ3v) is 5.88. The summed E-state index contributed by atoms with van der Waals surface area (Å²) in [6.45, 7) is 7.65. The highest BCUT2D eigenvalue weighted by Crippen LogP contribution is 2.31. The highest BCUT2D eigenvalue weighted by atomic mass is 16.5. The van der Waals surface area contributed by atoms with E-state index in [1.54, 1.807) is 38.3 Å². The number of unbranched alkanes of at least 4 members (excludes halogenated alkanes) is 2. The summed E-state index contributed by atoms with van der Waals surface area (Å²) in [6, 6.07) is 9.51. The van der Waals surface area contributed by atoms with E-state index >= 15 is 0 Å². The molecule has 1 saturated heterocycles. The molecule has 3 rings (SSSR count). The number of quaternary nitrogens is 1. The molecule has 41 heavy (non-hydrogen) atoms. The Balaban J connectivity index is 0. The molecule has 0 bridgehead atoms. The Labute approximate surface area is 246 Å². The molecule has 0 aliphatic carbocycles. The van der Waals surface area contributed by atoms with Crippen LogP contribution >= 0.6 is 0 Å². The molecule has 0 spiro atoms. The third-order valence-electron chi connectivity index (χ3n) is 5.88. The summed E-state index contributed by atoms with van der Waals surface area (Å²) in [5.41, 5.74) is 6.62. The van der Waals surface area contributed by atoms with Crippen LogP contribution in [0.25, 0.3) is 0 Å². The molecular weight excluding hydrogens is 522 g/mol. The number of rotatable bonds is 9. The molecule has 2 aliphatic rings. The Morgan fingerprint density at radius 3 is 2.27 bits per heavy atom. The van der Waals surface area contributed by atoms with Gasteiger partial charge in [0.05, 0.1) is 19.4 Å². The van der Waals surface area contributed by atoms with Crippen molar-refractivity contribution in [2.75, 3.05) is 14.2 Å².